The molecule has 0 atom stereocenters. The van der Waals surface area contributed by atoms with Gasteiger partial charge in [-0.25, -0.2) is 4.79 Å². The first-order chi connectivity index (χ1) is 13.0. The number of aliphatic carboxylic acids is 1. The Labute approximate surface area is 159 Å². The largest absolute Gasteiger partial charge is 0.496 e. The molecule has 3 N–H and O–H groups in total. The van der Waals surface area contributed by atoms with Crippen LogP contribution in [0.4, 0.5) is 4.79 Å². The van der Waals surface area contributed by atoms with Crippen molar-refractivity contribution in [1.29, 1.82) is 0 Å². The third-order valence-corrected chi connectivity index (χ3v) is 4.61. The van der Waals surface area contributed by atoms with Crippen LogP contribution < -0.4 is 24.8 Å². The summed E-state index contributed by atoms with van der Waals surface area (Å²) in [4.78, 5) is 22.8. The number of nitrogens with one attached hydrogen (secondary N) is 2. The van der Waals surface area contributed by atoms with Gasteiger partial charge in [-0.3, -0.25) is 4.79 Å². The van der Waals surface area contributed by atoms with E-state index in [1.54, 1.807) is 32.4 Å². The van der Waals surface area contributed by atoms with E-state index in [4.69, 9.17) is 19.3 Å². The highest BCUT2D eigenvalue weighted by atomic mass is 16.5. The summed E-state index contributed by atoms with van der Waals surface area (Å²) < 4.78 is 16.1. The molecule has 0 unspecified atom stereocenters. The Bertz CT molecular complexity index is 606. The summed E-state index contributed by atoms with van der Waals surface area (Å²) in [5.74, 6) is 0.926. The Morgan fingerprint density at radius 3 is 2.19 bits per heavy atom. The van der Waals surface area contributed by atoms with Crippen molar-refractivity contribution in [3.8, 4) is 17.2 Å². The normalized spacial score (nSPS) is 19.0. The molecule has 8 heteroatoms. The fourth-order valence-corrected chi connectivity index (χ4v) is 3.05. The zero-order valence-corrected chi connectivity index (χ0v) is 15.8. The van der Waals surface area contributed by atoms with Gasteiger partial charge in [0.15, 0.2) is 0 Å². The summed E-state index contributed by atoms with van der Waals surface area (Å²) in [6.45, 7) is 0.928. The van der Waals surface area contributed by atoms with Gasteiger partial charge in [-0.05, 0) is 32.1 Å². The molecule has 1 saturated carbocycles. The van der Waals surface area contributed by atoms with Gasteiger partial charge in [0.2, 0.25) is 0 Å². The number of amides is 2. The first-order valence-corrected chi connectivity index (χ1v) is 9.15. The standard InChI is InChI=1S/C19H28N2O6/c1-25-15-10-16(26-2)12-17(11-15)27-9-3-8-20-19(24)21-14-6-4-13(5-7-14)18(22)23/h10-14H,3-9H2,1-2H3,(H,22,23)(H2,20,21,24). The average molecular weight is 380 g/mol. The minimum Gasteiger partial charge on any atom is -0.496 e. The molecule has 0 radical (unpaired) electrons. The van der Waals surface area contributed by atoms with Crippen LogP contribution in [-0.4, -0.2) is 50.5 Å². The number of hydrogen-bond donors (Lipinski definition) is 3. The number of rotatable bonds is 9. The van der Waals surface area contributed by atoms with E-state index in [1.807, 2.05) is 0 Å². The minimum absolute atomic E-state index is 0.0427. The molecule has 27 heavy (non-hydrogen) atoms. The molecule has 1 aliphatic rings. The third-order valence-electron chi connectivity index (χ3n) is 4.61. The number of carboxylic acid groups (broad SMARTS) is 1. The highest BCUT2D eigenvalue weighted by Gasteiger charge is 2.26. The van der Waals surface area contributed by atoms with Crippen molar-refractivity contribution < 1.29 is 28.9 Å². The summed E-state index contributed by atoms with van der Waals surface area (Å²) >= 11 is 0. The summed E-state index contributed by atoms with van der Waals surface area (Å²) in [5, 5.41) is 14.7. The molecule has 0 bridgehead atoms. The van der Waals surface area contributed by atoms with Gasteiger partial charge in [-0.15, -0.1) is 0 Å². The molecule has 0 spiro atoms. The molecule has 1 aromatic carbocycles. The van der Waals surface area contributed by atoms with Crippen LogP contribution in [0.25, 0.3) is 0 Å². The predicted molar refractivity (Wildman–Crippen MR) is 99.6 cm³/mol. The van der Waals surface area contributed by atoms with Crippen molar-refractivity contribution in [1.82, 2.24) is 10.6 Å². The van der Waals surface area contributed by atoms with E-state index >= 15 is 0 Å². The first kappa shape index (κ1) is 20.7. The van der Waals surface area contributed by atoms with Crippen LogP contribution >= 0.6 is 0 Å². The lowest BCUT2D eigenvalue weighted by Gasteiger charge is -2.26. The number of methoxy groups -OCH3 is 2. The first-order valence-electron chi connectivity index (χ1n) is 9.15. The smallest absolute Gasteiger partial charge is 0.315 e. The quantitative estimate of drug-likeness (QED) is 0.568. The number of carboxylic acids is 1. The number of benzene rings is 1. The van der Waals surface area contributed by atoms with Crippen molar-refractivity contribution in [2.24, 2.45) is 5.92 Å². The van der Waals surface area contributed by atoms with Crippen LogP contribution in [0.3, 0.4) is 0 Å². The average Bonchev–Trinajstić information content (AvgIpc) is 2.67. The molecule has 1 aliphatic carbocycles. The van der Waals surface area contributed by atoms with Gasteiger partial charge >= 0.3 is 12.0 Å². The maximum atomic E-state index is 11.9. The molecule has 150 valence electrons. The number of urea groups is 1. The third kappa shape index (κ3) is 6.88. The van der Waals surface area contributed by atoms with Crippen molar-refractivity contribution >= 4 is 12.0 Å². The molecule has 0 saturated heterocycles. The van der Waals surface area contributed by atoms with Gasteiger partial charge in [-0.1, -0.05) is 0 Å². The van der Waals surface area contributed by atoms with Crippen molar-refractivity contribution in [3.63, 3.8) is 0 Å². The van der Waals surface area contributed by atoms with Crippen LogP contribution in [0.5, 0.6) is 17.2 Å². The molecule has 1 fully saturated rings. The lowest BCUT2D eigenvalue weighted by Crippen LogP contribution is -2.44. The molecular formula is C19H28N2O6. The Balaban J connectivity index is 1.61. The molecule has 0 aliphatic heterocycles. The lowest BCUT2D eigenvalue weighted by molar-refractivity contribution is -0.142. The molecule has 1 aromatic rings. The zero-order chi connectivity index (χ0) is 19.6. The SMILES string of the molecule is COc1cc(OC)cc(OCCCNC(=O)NC2CCC(C(=O)O)CC2)c1. The second-order valence-corrected chi connectivity index (χ2v) is 6.54. The van der Waals surface area contributed by atoms with Gasteiger partial charge in [0.05, 0.1) is 26.7 Å². The Kier molecular flexibility index (Phi) is 8.03. The van der Waals surface area contributed by atoms with Crippen molar-refractivity contribution in [3.05, 3.63) is 18.2 Å². The summed E-state index contributed by atoms with van der Waals surface area (Å²) in [6, 6.07) is 5.13. The number of carbonyl (C=O) groups excluding carboxylic acids is 1. The van der Waals surface area contributed by atoms with E-state index in [0.717, 1.165) is 0 Å². The molecule has 2 amide bonds. The number of carbonyl (C=O) groups is 2. The highest BCUT2D eigenvalue weighted by Crippen LogP contribution is 2.27. The van der Waals surface area contributed by atoms with Gasteiger partial charge in [0.25, 0.3) is 0 Å². The van der Waals surface area contributed by atoms with Crippen LogP contribution in [0.1, 0.15) is 32.1 Å². The monoisotopic (exact) mass is 380 g/mol. The van der Waals surface area contributed by atoms with E-state index in [9.17, 15) is 9.59 Å². The predicted octanol–water partition coefficient (Wildman–Crippen LogP) is 2.42. The van der Waals surface area contributed by atoms with Crippen molar-refractivity contribution in [2.45, 2.75) is 38.1 Å². The van der Waals surface area contributed by atoms with Gasteiger partial charge in [0.1, 0.15) is 17.2 Å². The van der Waals surface area contributed by atoms with Crippen molar-refractivity contribution in [2.75, 3.05) is 27.4 Å². The summed E-state index contributed by atoms with van der Waals surface area (Å²) in [6.07, 6.45) is 3.27. The van der Waals surface area contributed by atoms with E-state index in [1.165, 1.54) is 0 Å². The fourth-order valence-electron chi connectivity index (χ4n) is 3.05. The maximum Gasteiger partial charge on any atom is 0.315 e. The number of hydrogen-bond acceptors (Lipinski definition) is 5. The molecule has 0 heterocycles. The molecular weight excluding hydrogens is 352 g/mol. The zero-order valence-electron chi connectivity index (χ0n) is 15.8. The molecule has 8 nitrogen and oxygen atoms in total. The van der Waals surface area contributed by atoms with Crippen LogP contribution in [0.15, 0.2) is 18.2 Å². The molecule has 2 rings (SSSR count). The van der Waals surface area contributed by atoms with Gasteiger partial charge in [-0.2, -0.15) is 0 Å². The van der Waals surface area contributed by atoms with Crippen LogP contribution in [-0.2, 0) is 4.79 Å². The van der Waals surface area contributed by atoms with Gasteiger partial charge in [0, 0.05) is 30.8 Å². The van der Waals surface area contributed by atoms with E-state index in [0.29, 0.717) is 62.5 Å². The van der Waals surface area contributed by atoms with Crippen LogP contribution in [0.2, 0.25) is 0 Å². The van der Waals surface area contributed by atoms with E-state index < -0.39 is 5.97 Å². The Morgan fingerprint density at radius 1 is 1.04 bits per heavy atom. The lowest BCUT2D eigenvalue weighted by atomic mass is 9.86. The topological polar surface area (TPSA) is 106 Å². The van der Waals surface area contributed by atoms with Gasteiger partial charge < -0.3 is 30.0 Å². The van der Waals surface area contributed by atoms with Crippen LogP contribution in [0, 0.1) is 5.92 Å². The number of ether oxygens (including phenoxy) is 3. The molecule has 0 aromatic heterocycles. The second kappa shape index (κ2) is 10.5. The second-order valence-electron chi connectivity index (χ2n) is 6.54. The summed E-state index contributed by atoms with van der Waals surface area (Å²) in [5.41, 5.74) is 0. The minimum atomic E-state index is -0.744. The Morgan fingerprint density at radius 2 is 1.63 bits per heavy atom. The highest BCUT2D eigenvalue weighted by molar-refractivity contribution is 5.74. The fraction of sp³-hybridized carbons (Fsp3) is 0.579. The maximum absolute atomic E-state index is 11.9. The Hall–Kier alpha value is -2.64. The summed E-state index contributed by atoms with van der Waals surface area (Å²) in [7, 11) is 3.16. The van der Waals surface area contributed by atoms with E-state index in [2.05, 4.69) is 10.6 Å². The van der Waals surface area contributed by atoms with E-state index in [-0.39, 0.29) is 18.0 Å².